The molecule has 1 atom stereocenters. The third kappa shape index (κ3) is 4.72. The Hall–Kier alpha value is -2.98. The maximum Gasteiger partial charge on any atom is 0.243 e. The predicted molar refractivity (Wildman–Crippen MR) is 124 cm³/mol. The molecule has 4 rings (SSSR count). The maximum absolute atomic E-state index is 13.5. The van der Waals surface area contributed by atoms with Gasteiger partial charge in [0, 0.05) is 19.1 Å². The number of carbonyl (C=O) groups excluding carboxylic acids is 1. The van der Waals surface area contributed by atoms with E-state index in [2.05, 4.69) is 15.6 Å². The second-order valence-corrected chi connectivity index (χ2v) is 10.4. The number of benzene rings is 2. The summed E-state index contributed by atoms with van der Waals surface area (Å²) in [5, 5.41) is 11.1. The van der Waals surface area contributed by atoms with Gasteiger partial charge in [-0.25, -0.2) is 13.1 Å². The molecule has 1 N–H and O–H groups in total. The number of hydrogen-bond donors (Lipinski definition) is 1. The lowest BCUT2D eigenvalue weighted by Gasteiger charge is -2.33. The zero-order valence-corrected chi connectivity index (χ0v) is 19.9. The molecule has 9 nitrogen and oxygen atoms in total. The average Bonchev–Trinajstić information content (AvgIpc) is 3.26. The van der Waals surface area contributed by atoms with E-state index in [1.54, 1.807) is 23.9 Å². The van der Waals surface area contributed by atoms with Gasteiger partial charge in [-0.3, -0.25) is 4.79 Å². The highest BCUT2D eigenvalue weighted by atomic mass is 32.2. The van der Waals surface area contributed by atoms with Crippen LogP contribution in [0.4, 0.5) is 0 Å². The van der Waals surface area contributed by atoms with Gasteiger partial charge in [-0.2, -0.15) is 4.31 Å². The second-order valence-electron chi connectivity index (χ2n) is 8.47. The molecule has 0 spiro atoms. The molecule has 0 unspecified atom stereocenters. The molecule has 0 radical (unpaired) electrons. The smallest absolute Gasteiger partial charge is 0.243 e. The molecule has 176 valence electrons. The minimum atomic E-state index is -3.88. The van der Waals surface area contributed by atoms with Crippen molar-refractivity contribution in [3.63, 3.8) is 0 Å². The highest BCUT2D eigenvalue weighted by Gasteiger charge is 2.37. The number of nitrogens with zero attached hydrogens (tertiary/aromatic N) is 4. The molecule has 3 aromatic rings. The minimum absolute atomic E-state index is 0.109. The first kappa shape index (κ1) is 23.2. The Kier molecular flexibility index (Phi) is 6.66. The number of rotatable bonds is 7. The Balaban J connectivity index is 1.55. The molecule has 1 saturated heterocycles. The molecule has 1 aromatic heterocycles. The molecule has 2 heterocycles. The normalized spacial score (nSPS) is 17.4. The summed E-state index contributed by atoms with van der Waals surface area (Å²) in [5.74, 6) is 0.404. The average molecular weight is 472 g/mol. The Morgan fingerprint density at radius 2 is 2.03 bits per heavy atom. The molecule has 1 amide bonds. The zero-order valence-electron chi connectivity index (χ0n) is 19.1. The third-order valence-electron chi connectivity index (χ3n) is 5.90. The maximum atomic E-state index is 13.5. The summed E-state index contributed by atoms with van der Waals surface area (Å²) in [6.07, 6.45) is 1.99. The van der Waals surface area contributed by atoms with Crippen LogP contribution in [0, 0.1) is 0 Å². The number of aromatic nitrogens is 3. The molecular weight excluding hydrogens is 442 g/mol. The van der Waals surface area contributed by atoms with E-state index in [9.17, 15) is 13.2 Å². The van der Waals surface area contributed by atoms with Crippen LogP contribution < -0.4 is 10.1 Å². The van der Waals surface area contributed by atoms with Crippen LogP contribution in [-0.2, 0) is 21.4 Å². The summed E-state index contributed by atoms with van der Waals surface area (Å²) in [4.78, 5) is 13.2. The Morgan fingerprint density at radius 1 is 1.21 bits per heavy atom. The summed E-state index contributed by atoms with van der Waals surface area (Å²) < 4.78 is 35.3. The van der Waals surface area contributed by atoms with Crippen molar-refractivity contribution < 1.29 is 17.9 Å². The number of fused-ring (bicyclic) bond motifs is 1. The number of carbonyl (C=O) groups is 1. The summed E-state index contributed by atoms with van der Waals surface area (Å²) in [6.45, 7) is 4.57. The van der Waals surface area contributed by atoms with Crippen molar-refractivity contribution in [2.45, 2.75) is 56.6 Å². The zero-order chi connectivity index (χ0) is 23.6. The molecule has 1 aliphatic heterocycles. The number of amides is 1. The van der Waals surface area contributed by atoms with Crippen molar-refractivity contribution in [3.8, 4) is 5.75 Å². The van der Waals surface area contributed by atoms with Gasteiger partial charge in [0.05, 0.1) is 17.5 Å². The summed E-state index contributed by atoms with van der Waals surface area (Å²) in [7, 11) is -2.29. The van der Waals surface area contributed by atoms with Crippen LogP contribution in [0.1, 0.15) is 44.7 Å². The van der Waals surface area contributed by atoms with Crippen LogP contribution in [0.2, 0.25) is 0 Å². The van der Waals surface area contributed by atoms with Gasteiger partial charge in [0.1, 0.15) is 17.3 Å². The van der Waals surface area contributed by atoms with Crippen molar-refractivity contribution in [3.05, 3.63) is 48.0 Å². The first-order valence-electron chi connectivity index (χ1n) is 11.1. The molecule has 1 fully saturated rings. The highest BCUT2D eigenvalue weighted by molar-refractivity contribution is 7.89. The largest absolute Gasteiger partial charge is 0.497 e. The lowest BCUT2D eigenvalue weighted by Crippen LogP contribution is -2.51. The molecule has 0 bridgehead atoms. The first-order valence-corrected chi connectivity index (χ1v) is 12.5. The number of ether oxygens (including phenoxy) is 1. The van der Waals surface area contributed by atoms with Gasteiger partial charge in [0.25, 0.3) is 0 Å². The van der Waals surface area contributed by atoms with Crippen LogP contribution in [-0.4, -0.2) is 53.3 Å². The van der Waals surface area contributed by atoms with Crippen molar-refractivity contribution in [2.24, 2.45) is 0 Å². The van der Waals surface area contributed by atoms with Crippen molar-refractivity contribution in [1.29, 1.82) is 0 Å². The number of nitrogens with one attached hydrogen (secondary N) is 1. The predicted octanol–water partition coefficient (Wildman–Crippen LogP) is 2.88. The monoisotopic (exact) mass is 471 g/mol. The third-order valence-corrected chi connectivity index (χ3v) is 7.80. The topological polar surface area (TPSA) is 106 Å². The van der Waals surface area contributed by atoms with Crippen LogP contribution in [0.5, 0.6) is 5.75 Å². The fourth-order valence-corrected chi connectivity index (χ4v) is 5.82. The number of sulfonamides is 1. The van der Waals surface area contributed by atoms with Gasteiger partial charge in [-0.05, 0) is 62.6 Å². The van der Waals surface area contributed by atoms with Gasteiger partial charge in [0.15, 0.2) is 0 Å². The minimum Gasteiger partial charge on any atom is -0.497 e. The van der Waals surface area contributed by atoms with Crippen LogP contribution in [0.3, 0.4) is 0 Å². The molecule has 2 aromatic carbocycles. The second kappa shape index (κ2) is 9.48. The van der Waals surface area contributed by atoms with E-state index in [0.29, 0.717) is 37.2 Å². The van der Waals surface area contributed by atoms with Crippen molar-refractivity contribution in [1.82, 2.24) is 24.6 Å². The Bertz CT molecular complexity index is 1250. The Labute approximate surface area is 193 Å². The summed E-state index contributed by atoms with van der Waals surface area (Å²) in [6, 6.07) is 11.6. The van der Waals surface area contributed by atoms with Crippen LogP contribution in [0.25, 0.3) is 11.0 Å². The lowest BCUT2D eigenvalue weighted by molar-refractivity contribution is -0.125. The highest BCUT2D eigenvalue weighted by Crippen LogP contribution is 2.28. The van der Waals surface area contributed by atoms with Crippen LogP contribution >= 0.6 is 0 Å². The fourth-order valence-electron chi connectivity index (χ4n) is 4.14. The van der Waals surface area contributed by atoms with Crippen LogP contribution in [0.15, 0.2) is 47.4 Å². The number of methoxy groups -OCH3 is 1. The van der Waals surface area contributed by atoms with Crippen molar-refractivity contribution >= 4 is 27.0 Å². The SMILES string of the molecule is COc1cccc(CNC(=O)[C@H]2CCCCN2S(=O)(=O)c2ccc3c(c2)nnn3C(C)C)c1. The fraction of sp³-hybridized carbons (Fsp3) is 0.435. The molecule has 0 saturated carbocycles. The quantitative estimate of drug-likeness (QED) is 0.568. The number of hydrogen-bond acceptors (Lipinski definition) is 6. The van der Waals surface area contributed by atoms with Gasteiger partial charge >= 0.3 is 0 Å². The van der Waals surface area contributed by atoms with E-state index in [1.807, 2.05) is 38.1 Å². The van der Waals surface area contributed by atoms with Gasteiger partial charge in [0.2, 0.25) is 15.9 Å². The van der Waals surface area contributed by atoms with Gasteiger partial charge < -0.3 is 10.1 Å². The van der Waals surface area contributed by atoms with Crippen molar-refractivity contribution in [2.75, 3.05) is 13.7 Å². The van der Waals surface area contributed by atoms with E-state index in [4.69, 9.17) is 4.74 Å². The van der Waals surface area contributed by atoms with E-state index < -0.39 is 16.1 Å². The van der Waals surface area contributed by atoms with E-state index in [1.165, 1.54) is 10.4 Å². The molecule has 0 aliphatic carbocycles. The molecule has 33 heavy (non-hydrogen) atoms. The summed E-state index contributed by atoms with van der Waals surface area (Å²) in [5.41, 5.74) is 2.17. The molecule has 10 heteroatoms. The summed E-state index contributed by atoms with van der Waals surface area (Å²) >= 11 is 0. The van der Waals surface area contributed by atoms with E-state index in [-0.39, 0.29) is 16.8 Å². The van der Waals surface area contributed by atoms with E-state index in [0.717, 1.165) is 17.5 Å². The first-order chi connectivity index (χ1) is 15.8. The van der Waals surface area contributed by atoms with Gasteiger partial charge in [-0.15, -0.1) is 5.10 Å². The lowest BCUT2D eigenvalue weighted by atomic mass is 10.0. The Morgan fingerprint density at radius 3 is 2.79 bits per heavy atom. The molecule has 1 aliphatic rings. The number of piperidine rings is 1. The standard InChI is InChI=1S/C23H29N5O4S/c1-16(2)28-21-11-10-19(14-20(21)25-26-28)33(30,31)27-12-5-4-9-22(27)23(29)24-15-17-7-6-8-18(13-17)32-3/h6-8,10-11,13-14,16,22H,4-5,9,12,15H2,1-3H3,(H,24,29)/t22-/m1/s1. The van der Waals surface area contributed by atoms with E-state index >= 15 is 0 Å². The van der Waals surface area contributed by atoms with Gasteiger partial charge in [-0.1, -0.05) is 23.8 Å². The molecular formula is C23H29N5O4S.